The zero-order valence-corrected chi connectivity index (χ0v) is 32.6. The minimum atomic E-state index is -0.355. The number of benzene rings is 7. The topological polar surface area (TPSA) is 8.17 Å². The Bertz CT molecular complexity index is 3260. The van der Waals surface area contributed by atoms with E-state index in [2.05, 4.69) is 191 Å². The Labute approximate surface area is 338 Å². The highest BCUT2D eigenvalue weighted by Crippen LogP contribution is 2.63. The monoisotopic (exact) mass is 762 g/mol. The van der Waals surface area contributed by atoms with Crippen LogP contribution in [0.25, 0.3) is 64.5 Å². The van der Waals surface area contributed by atoms with Crippen molar-refractivity contribution >= 4 is 76.3 Å². The maximum Gasteiger partial charge on any atom is 0.0736 e. The first-order valence-electron chi connectivity index (χ1n) is 19.8. The number of allylic oxidation sites excluding steroid dienone is 1. The van der Waals surface area contributed by atoms with Crippen LogP contribution in [0.3, 0.4) is 0 Å². The maximum atomic E-state index is 2.55. The molecule has 2 nitrogen and oxygen atoms in total. The van der Waals surface area contributed by atoms with Crippen molar-refractivity contribution in [3.63, 3.8) is 0 Å². The van der Waals surface area contributed by atoms with Crippen molar-refractivity contribution < 1.29 is 0 Å². The van der Waals surface area contributed by atoms with Gasteiger partial charge in [0, 0.05) is 43.3 Å². The SMILES string of the molecule is C1=Cc2c(sc3c4sc5ccccc5c4n(-c4ccc(N(c5ccccc5)c5ccc6c(c5)-c5ccccc5C65c6ccccc6-c6ccccc65)cc4)c23)CC1. The van der Waals surface area contributed by atoms with E-state index in [1.54, 1.807) is 0 Å². The summed E-state index contributed by atoms with van der Waals surface area (Å²) in [6.45, 7) is 0. The van der Waals surface area contributed by atoms with E-state index in [9.17, 15) is 0 Å². The van der Waals surface area contributed by atoms with Crippen molar-refractivity contribution in [1.29, 1.82) is 0 Å². The van der Waals surface area contributed by atoms with Crippen molar-refractivity contribution in [2.45, 2.75) is 18.3 Å². The largest absolute Gasteiger partial charge is 0.310 e. The van der Waals surface area contributed by atoms with Gasteiger partial charge in [0.2, 0.25) is 0 Å². The molecule has 0 bridgehead atoms. The van der Waals surface area contributed by atoms with Crippen LogP contribution in [0.2, 0.25) is 0 Å². The lowest BCUT2D eigenvalue weighted by atomic mass is 9.70. The number of aromatic nitrogens is 1. The third-order valence-corrected chi connectivity index (χ3v) is 15.2. The Morgan fingerprint density at radius 1 is 0.491 bits per heavy atom. The Kier molecular flexibility index (Phi) is 6.55. The van der Waals surface area contributed by atoms with Gasteiger partial charge in [0.1, 0.15) is 0 Å². The molecule has 0 aliphatic heterocycles. The number of thiophene rings is 2. The average Bonchev–Trinajstić information content (AvgIpc) is 4.06. The molecule has 0 radical (unpaired) electrons. The fourth-order valence-corrected chi connectivity index (χ4v) is 13.0. The molecule has 4 heteroatoms. The molecule has 0 amide bonds. The van der Waals surface area contributed by atoms with Crippen LogP contribution in [0.1, 0.15) is 39.1 Å². The van der Waals surface area contributed by atoms with E-state index in [0.29, 0.717) is 0 Å². The van der Waals surface area contributed by atoms with E-state index >= 15 is 0 Å². The second-order valence-corrected chi connectivity index (χ2v) is 17.6. The molecule has 3 aliphatic carbocycles. The second kappa shape index (κ2) is 11.8. The number of fused-ring (bicyclic) bond motifs is 17. The van der Waals surface area contributed by atoms with E-state index in [4.69, 9.17) is 0 Å². The molecule has 0 saturated heterocycles. The number of aryl methyl sites for hydroxylation is 1. The van der Waals surface area contributed by atoms with Gasteiger partial charge in [-0.1, -0.05) is 127 Å². The van der Waals surface area contributed by atoms with Crippen LogP contribution in [0, 0.1) is 0 Å². The number of rotatable bonds is 4. The number of nitrogens with zero attached hydrogens (tertiary/aromatic N) is 2. The highest BCUT2D eigenvalue weighted by molar-refractivity contribution is 7.31. The summed E-state index contributed by atoms with van der Waals surface area (Å²) in [5.74, 6) is 0. The Balaban J connectivity index is 1.00. The van der Waals surface area contributed by atoms with Gasteiger partial charge in [-0.3, -0.25) is 0 Å². The van der Waals surface area contributed by atoms with E-state index in [-0.39, 0.29) is 5.41 Å². The van der Waals surface area contributed by atoms with Crippen LogP contribution in [-0.4, -0.2) is 4.57 Å². The van der Waals surface area contributed by atoms with Gasteiger partial charge in [0.25, 0.3) is 0 Å². The van der Waals surface area contributed by atoms with Crippen LogP contribution < -0.4 is 4.90 Å². The smallest absolute Gasteiger partial charge is 0.0736 e. The van der Waals surface area contributed by atoms with Crippen LogP contribution in [0.15, 0.2) is 176 Å². The quantitative estimate of drug-likeness (QED) is 0.173. The molecular formula is C53H34N2S2. The average molecular weight is 763 g/mol. The molecule has 3 aliphatic rings. The molecule has 7 aromatic carbocycles. The molecule has 0 unspecified atom stereocenters. The van der Waals surface area contributed by atoms with Gasteiger partial charge in [-0.15, -0.1) is 22.7 Å². The molecule has 1 spiro atoms. The molecule has 268 valence electrons. The highest BCUT2D eigenvalue weighted by Gasteiger charge is 2.51. The van der Waals surface area contributed by atoms with Gasteiger partial charge >= 0.3 is 0 Å². The molecule has 0 N–H and O–H groups in total. The lowest BCUT2D eigenvalue weighted by Gasteiger charge is -2.31. The first kappa shape index (κ1) is 31.7. The second-order valence-electron chi connectivity index (χ2n) is 15.5. The summed E-state index contributed by atoms with van der Waals surface area (Å²) in [7, 11) is 0. The Morgan fingerprint density at radius 2 is 1.07 bits per heavy atom. The number of hydrogen-bond acceptors (Lipinski definition) is 3. The van der Waals surface area contributed by atoms with Crippen molar-refractivity contribution in [3.05, 3.63) is 209 Å². The minimum Gasteiger partial charge on any atom is -0.310 e. The zero-order valence-electron chi connectivity index (χ0n) is 30.9. The van der Waals surface area contributed by atoms with E-state index < -0.39 is 0 Å². The van der Waals surface area contributed by atoms with Gasteiger partial charge in [-0.25, -0.2) is 0 Å². The summed E-state index contributed by atoms with van der Waals surface area (Å²) < 4.78 is 6.71. The first-order valence-corrected chi connectivity index (χ1v) is 21.5. The van der Waals surface area contributed by atoms with Gasteiger partial charge in [-0.05, 0) is 112 Å². The van der Waals surface area contributed by atoms with Crippen LogP contribution in [0.4, 0.5) is 17.1 Å². The third kappa shape index (κ3) is 4.19. The van der Waals surface area contributed by atoms with Crippen molar-refractivity contribution in [2.75, 3.05) is 4.90 Å². The van der Waals surface area contributed by atoms with Gasteiger partial charge < -0.3 is 9.47 Å². The third-order valence-electron chi connectivity index (χ3n) is 12.7. The Morgan fingerprint density at radius 3 is 1.81 bits per heavy atom. The standard InChI is InChI=1S/C53H34N2S2/c1-2-14-33(15-3-1)54(34-26-28-35(29-27-34)55-49-40-19-7-12-24-47(40)56-51(49)52-50(55)41-20-8-13-25-48(41)57-52)36-30-31-46-42(32-36)39-18-6-11-23-45(39)53(46)43-21-9-4-16-37(43)38-17-5-10-22-44(38)53/h1-12,14-24,26-32H,13,25H2. The molecule has 57 heavy (non-hydrogen) atoms. The number of anilines is 3. The summed E-state index contributed by atoms with van der Waals surface area (Å²) in [6.07, 6.45) is 6.95. The zero-order chi connectivity index (χ0) is 37.2. The van der Waals surface area contributed by atoms with Crippen LogP contribution >= 0.6 is 22.7 Å². The first-order chi connectivity index (χ1) is 28.3. The lowest BCUT2D eigenvalue weighted by molar-refractivity contribution is 0.794. The van der Waals surface area contributed by atoms with Crippen LogP contribution in [0.5, 0.6) is 0 Å². The van der Waals surface area contributed by atoms with Crippen molar-refractivity contribution in [1.82, 2.24) is 4.57 Å². The number of hydrogen-bond donors (Lipinski definition) is 0. The molecule has 0 atom stereocenters. The van der Waals surface area contributed by atoms with E-state index in [0.717, 1.165) is 29.9 Å². The molecule has 13 rings (SSSR count). The van der Waals surface area contributed by atoms with Gasteiger partial charge in [-0.2, -0.15) is 0 Å². The van der Waals surface area contributed by atoms with E-state index in [1.807, 2.05) is 22.7 Å². The highest BCUT2D eigenvalue weighted by atomic mass is 32.1. The molecule has 3 heterocycles. The van der Waals surface area contributed by atoms with Gasteiger partial charge in [0.05, 0.1) is 25.8 Å². The minimum absolute atomic E-state index is 0.355. The van der Waals surface area contributed by atoms with E-state index in [1.165, 1.54) is 91.2 Å². The summed E-state index contributed by atoms with van der Waals surface area (Å²) >= 11 is 3.93. The molecular weight excluding hydrogens is 729 g/mol. The van der Waals surface area contributed by atoms with Crippen molar-refractivity contribution in [3.8, 4) is 27.9 Å². The molecule has 3 aromatic heterocycles. The lowest BCUT2D eigenvalue weighted by Crippen LogP contribution is -2.25. The predicted octanol–water partition coefficient (Wildman–Crippen LogP) is 14.8. The predicted molar refractivity (Wildman–Crippen MR) is 242 cm³/mol. The summed E-state index contributed by atoms with van der Waals surface area (Å²) in [5, 5.41) is 1.33. The fraction of sp³-hybridized carbons (Fsp3) is 0.0566. The fourth-order valence-electron chi connectivity index (χ4n) is 10.4. The summed E-state index contributed by atoms with van der Waals surface area (Å²) in [5.41, 5.74) is 19.0. The van der Waals surface area contributed by atoms with Crippen LogP contribution in [-0.2, 0) is 11.8 Å². The van der Waals surface area contributed by atoms with Gasteiger partial charge in [0.15, 0.2) is 0 Å². The summed E-state index contributed by atoms with van der Waals surface area (Å²) in [4.78, 5) is 3.93. The summed E-state index contributed by atoms with van der Waals surface area (Å²) in [6, 6.07) is 63.4. The Hall–Kier alpha value is -6.46. The molecule has 10 aromatic rings. The molecule has 0 fully saturated rings. The normalized spacial score (nSPS) is 14.2. The number of para-hydroxylation sites is 1. The molecule has 0 saturated carbocycles. The maximum absolute atomic E-state index is 2.55. The van der Waals surface area contributed by atoms with Crippen molar-refractivity contribution in [2.24, 2.45) is 0 Å².